The van der Waals surface area contributed by atoms with Crippen LogP contribution in [0.15, 0.2) is 30.3 Å². The van der Waals surface area contributed by atoms with Crippen molar-refractivity contribution < 1.29 is 9.59 Å². The van der Waals surface area contributed by atoms with Crippen LogP contribution in [0.5, 0.6) is 0 Å². The number of hydrogen-bond acceptors (Lipinski definition) is 5. The molecule has 0 atom stereocenters. The van der Waals surface area contributed by atoms with Gasteiger partial charge in [-0.1, -0.05) is 30.3 Å². The second-order valence-corrected chi connectivity index (χ2v) is 9.76. The fourth-order valence-corrected chi connectivity index (χ4v) is 5.89. The molecule has 3 amide bonds. The third-order valence-electron chi connectivity index (χ3n) is 6.24. The van der Waals surface area contributed by atoms with Gasteiger partial charge in [0.05, 0.1) is 5.56 Å². The molecule has 0 radical (unpaired) electrons. The van der Waals surface area contributed by atoms with E-state index in [1.165, 1.54) is 42.8 Å². The lowest BCUT2D eigenvalue weighted by Crippen LogP contribution is -2.31. The molecule has 1 aromatic heterocycles. The Balaban J connectivity index is 1.30. The Bertz CT molecular complexity index is 924. The number of primary amides is 1. The van der Waals surface area contributed by atoms with Gasteiger partial charge in [-0.15, -0.1) is 11.3 Å². The van der Waals surface area contributed by atoms with Crippen LogP contribution in [0.1, 0.15) is 52.0 Å². The highest BCUT2D eigenvalue weighted by atomic mass is 32.1. The van der Waals surface area contributed by atoms with Crippen LogP contribution < -0.4 is 16.4 Å². The maximum Gasteiger partial charge on any atom is 0.319 e. The minimum atomic E-state index is -0.472. The highest BCUT2D eigenvalue weighted by molar-refractivity contribution is 7.17. The zero-order valence-electron chi connectivity index (χ0n) is 18.6. The molecule has 2 aliphatic rings. The molecular formula is C24H33N5O2S. The van der Waals surface area contributed by atoms with Crippen LogP contribution in [0.2, 0.25) is 0 Å². The summed E-state index contributed by atoms with van der Waals surface area (Å²) in [7, 11) is 0. The summed E-state index contributed by atoms with van der Waals surface area (Å²) in [6.07, 6.45) is 5.39. The average molecular weight is 456 g/mol. The molecule has 8 heteroatoms. The van der Waals surface area contributed by atoms with E-state index >= 15 is 0 Å². The van der Waals surface area contributed by atoms with Gasteiger partial charge in [0, 0.05) is 31.1 Å². The van der Waals surface area contributed by atoms with Gasteiger partial charge in [0.25, 0.3) is 5.91 Å². The molecule has 1 aromatic carbocycles. The number of thiophene rings is 1. The first-order valence-corrected chi connectivity index (χ1v) is 12.4. The van der Waals surface area contributed by atoms with Crippen molar-refractivity contribution in [1.29, 1.82) is 0 Å². The maximum atomic E-state index is 12.4. The van der Waals surface area contributed by atoms with E-state index in [2.05, 4.69) is 32.6 Å². The number of urea groups is 1. The Morgan fingerprint density at radius 2 is 1.81 bits per heavy atom. The minimum Gasteiger partial charge on any atom is -0.365 e. The van der Waals surface area contributed by atoms with E-state index in [0.717, 1.165) is 55.9 Å². The first kappa shape index (κ1) is 22.8. The first-order chi connectivity index (χ1) is 15.6. The summed E-state index contributed by atoms with van der Waals surface area (Å²) >= 11 is 1.47. The number of nitrogens with one attached hydrogen (secondary N) is 2. The lowest BCUT2D eigenvalue weighted by molar-refractivity contribution is 0.0999. The number of benzene rings is 1. The number of rotatable bonds is 9. The van der Waals surface area contributed by atoms with E-state index in [4.69, 9.17) is 5.73 Å². The van der Waals surface area contributed by atoms with Crippen LogP contribution in [-0.2, 0) is 19.5 Å². The summed E-state index contributed by atoms with van der Waals surface area (Å²) in [5.74, 6) is -0.472. The summed E-state index contributed by atoms with van der Waals surface area (Å²) in [5.41, 5.74) is 8.44. The van der Waals surface area contributed by atoms with Crippen molar-refractivity contribution in [1.82, 2.24) is 15.1 Å². The van der Waals surface area contributed by atoms with Gasteiger partial charge >= 0.3 is 6.03 Å². The van der Waals surface area contributed by atoms with E-state index < -0.39 is 5.91 Å². The molecule has 32 heavy (non-hydrogen) atoms. The molecule has 0 bridgehead atoms. The second-order valence-electron chi connectivity index (χ2n) is 8.66. The fourth-order valence-electron chi connectivity index (χ4n) is 4.60. The van der Waals surface area contributed by atoms with Crippen LogP contribution >= 0.6 is 11.3 Å². The van der Waals surface area contributed by atoms with Gasteiger partial charge in [-0.25, -0.2) is 4.79 Å². The molecule has 4 N–H and O–H groups in total. The molecule has 3 heterocycles. The van der Waals surface area contributed by atoms with Gasteiger partial charge in [-0.2, -0.15) is 0 Å². The first-order valence-electron chi connectivity index (χ1n) is 11.6. The lowest BCUT2D eigenvalue weighted by atomic mass is 10.0. The Morgan fingerprint density at radius 3 is 2.56 bits per heavy atom. The number of nitrogens with zero attached hydrogens (tertiary/aromatic N) is 2. The van der Waals surface area contributed by atoms with E-state index in [1.807, 2.05) is 18.2 Å². The highest BCUT2D eigenvalue weighted by Gasteiger charge is 2.27. The fraction of sp³-hybridized carbons (Fsp3) is 0.500. The monoisotopic (exact) mass is 455 g/mol. The van der Waals surface area contributed by atoms with Gasteiger partial charge in [-0.05, 0) is 62.9 Å². The van der Waals surface area contributed by atoms with Gasteiger partial charge in [0.2, 0.25) is 0 Å². The van der Waals surface area contributed by atoms with Crippen LogP contribution in [0.4, 0.5) is 9.80 Å². The summed E-state index contributed by atoms with van der Waals surface area (Å²) in [6.45, 7) is 6.63. The number of nitrogens with two attached hydrogens (primary N) is 1. The molecule has 0 aliphatic carbocycles. The summed E-state index contributed by atoms with van der Waals surface area (Å²) in [6, 6.07) is 10.1. The summed E-state index contributed by atoms with van der Waals surface area (Å²) in [4.78, 5) is 30.6. The molecule has 7 nitrogen and oxygen atoms in total. The lowest BCUT2D eigenvalue weighted by Gasteiger charge is -2.27. The number of carbonyl (C=O) groups excluding carboxylic acids is 2. The maximum absolute atomic E-state index is 12.4. The number of carbonyl (C=O) groups is 2. The molecule has 172 valence electrons. The normalized spacial score (nSPS) is 16.6. The van der Waals surface area contributed by atoms with Gasteiger partial charge in [-0.3, -0.25) is 15.0 Å². The quantitative estimate of drug-likeness (QED) is 0.506. The van der Waals surface area contributed by atoms with Crippen LogP contribution in [0.3, 0.4) is 0 Å². The Hall–Kier alpha value is -2.42. The minimum absolute atomic E-state index is 0.270. The van der Waals surface area contributed by atoms with E-state index in [0.29, 0.717) is 17.1 Å². The second kappa shape index (κ2) is 10.9. The van der Waals surface area contributed by atoms with E-state index in [-0.39, 0.29) is 6.03 Å². The van der Waals surface area contributed by atoms with Crippen molar-refractivity contribution >= 4 is 28.3 Å². The predicted octanol–water partition coefficient (Wildman–Crippen LogP) is 3.40. The van der Waals surface area contributed by atoms with Crippen molar-refractivity contribution in [3.63, 3.8) is 0 Å². The zero-order chi connectivity index (χ0) is 22.3. The molecule has 0 saturated carbocycles. The van der Waals surface area contributed by atoms with E-state index in [1.54, 1.807) is 0 Å². The molecule has 2 aliphatic heterocycles. The Labute approximate surface area is 194 Å². The molecule has 2 aromatic rings. The summed E-state index contributed by atoms with van der Waals surface area (Å²) in [5, 5.41) is 6.37. The molecule has 0 spiro atoms. The van der Waals surface area contributed by atoms with Crippen molar-refractivity contribution in [3.05, 3.63) is 51.9 Å². The molecule has 1 saturated heterocycles. The molecular weight excluding hydrogens is 422 g/mol. The summed E-state index contributed by atoms with van der Waals surface area (Å²) < 4.78 is 0. The van der Waals surface area contributed by atoms with Crippen molar-refractivity contribution in [2.75, 3.05) is 38.0 Å². The van der Waals surface area contributed by atoms with Crippen LogP contribution in [-0.4, -0.2) is 54.5 Å². The van der Waals surface area contributed by atoms with Gasteiger partial charge in [0.15, 0.2) is 0 Å². The number of amides is 3. The Morgan fingerprint density at radius 1 is 1.03 bits per heavy atom. The number of likely N-dealkylation sites (tertiary alicyclic amines) is 1. The smallest absolute Gasteiger partial charge is 0.319 e. The van der Waals surface area contributed by atoms with Crippen molar-refractivity contribution in [3.8, 4) is 0 Å². The van der Waals surface area contributed by atoms with Crippen LogP contribution in [0.25, 0.3) is 0 Å². The highest BCUT2D eigenvalue weighted by Crippen LogP contribution is 2.37. The SMILES string of the molecule is NC(=O)c1c(NC(=O)NCCCCN2CCCC2)sc2c1CCN(Cc1ccccc1)C2. The standard InChI is InChI=1S/C24H33N5O2S/c25-22(30)21-19-10-15-29(16-18-8-2-1-3-9-18)17-20(19)32-23(21)27-24(31)26-11-4-5-12-28-13-6-7-14-28/h1-3,8-9H,4-7,10-17H2,(H2,25,30)(H2,26,27,31). The third-order valence-corrected chi connectivity index (χ3v) is 7.38. The van der Waals surface area contributed by atoms with Gasteiger partial charge < -0.3 is 16.0 Å². The van der Waals surface area contributed by atoms with Crippen LogP contribution in [0, 0.1) is 0 Å². The van der Waals surface area contributed by atoms with Crippen molar-refractivity contribution in [2.45, 2.75) is 45.2 Å². The average Bonchev–Trinajstić information content (AvgIpc) is 3.41. The number of anilines is 1. The number of fused-ring (bicyclic) bond motifs is 1. The largest absolute Gasteiger partial charge is 0.365 e. The topological polar surface area (TPSA) is 90.7 Å². The third kappa shape index (κ3) is 5.88. The Kier molecular flexibility index (Phi) is 7.78. The zero-order valence-corrected chi connectivity index (χ0v) is 19.4. The molecule has 4 rings (SSSR count). The number of hydrogen-bond donors (Lipinski definition) is 3. The molecule has 0 unspecified atom stereocenters. The predicted molar refractivity (Wildman–Crippen MR) is 129 cm³/mol. The van der Waals surface area contributed by atoms with Gasteiger partial charge in [0.1, 0.15) is 5.00 Å². The van der Waals surface area contributed by atoms with Crippen molar-refractivity contribution in [2.24, 2.45) is 5.73 Å². The molecule has 1 fully saturated rings. The number of unbranched alkanes of at least 4 members (excludes halogenated alkanes) is 1. The van der Waals surface area contributed by atoms with E-state index in [9.17, 15) is 9.59 Å².